The molecule has 124 valence electrons. The van der Waals surface area contributed by atoms with Gasteiger partial charge in [0.2, 0.25) is 5.13 Å². The van der Waals surface area contributed by atoms with E-state index in [2.05, 4.69) is 15.5 Å². The fraction of sp³-hybridized carbons (Fsp3) is 0.133. The van der Waals surface area contributed by atoms with E-state index in [9.17, 15) is 4.79 Å². The van der Waals surface area contributed by atoms with Gasteiger partial charge in [0.15, 0.2) is 5.01 Å². The number of carboxylic acid groups (broad SMARTS) is 1. The highest BCUT2D eigenvalue weighted by Crippen LogP contribution is 2.39. The normalized spacial score (nSPS) is 10.7. The van der Waals surface area contributed by atoms with Gasteiger partial charge in [-0.15, -0.1) is 33.3 Å². The lowest BCUT2D eigenvalue weighted by molar-refractivity contribution is -0.136. The first kappa shape index (κ1) is 17.2. The fourth-order valence-electron chi connectivity index (χ4n) is 1.84. The first-order chi connectivity index (χ1) is 11.6. The molecule has 9 heteroatoms. The number of hydrogen-bond acceptors (Lipinski definition) is 7. The molecule has 2 N–H and O–H groups in total. The zero-order valence-electron chi connectivity index (χ0n) is 12.2. The van der Waals surface area contributed by atoms with Crippen LogP contribution in [0.3, 0.4) is 0 Å². The van der Waals surface area contributed by atoms with Crippen molar-refractivity contribution >= 4 is 62.8 Å². The number of nitrogens with one attached hydrogen (secondary N) is 1. The van der Waals surface area contributed by atoms with Crippen molar-refractivity contribution in [3.05, 3.63) is 40.7 Å². The highest BCUT2D eigenvalue weighted by atomic mass is 35.5. The Kier molecular flexibility index (Phi) is 5.72. The second-order valence-corrected chi connectivity index (χ2v) is 8.12. The van der Waals surface area contributed by atoms with Gasteiger partial charge in [-0.25, -0.2) is 0 Å². The molecule has 0 radical (unpaired) electrons. The van der Waals surface area contributed by atoms with Crippen LogP contribution in [-0.2, 0) is 4.79 Å². The maximum Gasteiger partial charge on any atom is 0.304 e. The van der Waals surface area contributed by atoms with Crippen molar-refractivity contribution in [2.45, 2.75) is 11.3 Å². The van der Waals surface area contributed by atoms with Gasteiger partial charge in [0.1, 0.15) is 0 Å². The Labute approximate surface area is 155 Å². The lowest BCUT2D eigenvalue weighted by Gasteiger charge is -2.01. The summed E-state index contributed by atoms with van der Waals surface area (Å²) in [5, 5.41) is 24.5. The summed E-state index contributed by atoms with van der Waals surface area (Å²) < 4.78 is 0. The molecule has 24 heavy (non-hydrogen) atoms. The molecule has 2 heterocycles. The number of rotatable bonds is 7. The third kappa shape index (κ3) is 4.47. The molecule has 3 rings (SSSR count). The molecule has 0 aliphatic rings. The summed E-state index contributed by atoms with van der Waals surface area (Å²) in [7, 11) is 0. The van der Waals surface area contributed by atoms with E-state index < -0.39 is 5.97 Å². The number of aliphatic carboxylic acids is 1. The Morgan fingerprint density at radius 3 is 2.79 bits per heavy atom. The average molecular weight is 398 g/mol. The minimum Gasteiger partial charge on any atom is -0.481 e. The van der Waals surface area contributed by atoms with Gasteiger partial charge < -0.3 is 10.4 Å². The number of nitrogens with zero attached hydrogens (tertiary/aromatic N) is 2. The lowest BCUT2D eigenvalue weighted by Crippen LogP contribution is -1.95. The molecule has 3 aromatic rings. The predicted molar refractivity (Wildman–Crippen MR) is 101 cm³/mol. The van der Waals surface area contributed by atoms with Gasteiger partial charge in [0, 0.05) is 21.4 Å². The summed E-state index contributed by atoms with van der Waals surface area (Å²) in [4.78, 5) is 12.7. The number of anilines is 2. The lowest BCUT2D eigenvalue weighted by atomic mass is 10.3. The molecule has 0 amide bonds. The SMILES string of the molecule is O=C(O)CCSc1ccsc1-c1nnc(Nc2ccc(Cl)cc2)s1. The molecule has 2 aromatic heterocycles. The van der Waals surface area contributed by atoms with Crippen LogP contribution in [0.1, 0.15) is 6.42 Å². The summed E-state index contributed by atoms with van der Waals surface area (Å²) in [6.45, 7) is 0. The number of halogens is 1. The van der Waals surface area contributed by atoms with Gasteiger partial charge in [0.25, 0.3) is 0 Å². The van der Waals surface area contributed by atoms with Crippen molar-refractivity contribution < 1.29 is 9.90 Å². The maximum atomic E-state index is 10.6. The van der Waals surface area contributed by atoms with Crippen LogP contribution in [0, 0.1) is 0 Å². The fourth-order valence-corrected chi connectivity index (χ4v) is 4.98. The second-order valence-electron chi connectivity index (χ2n) is 4.65. The zero-order chi connectivity index (χ0) is 16.9. The molecule has 0 fully saturated rings. The Morgan fingerprint density at radius 1 is 1.25 bits per heavy atom. The molecule has 1 aromatic carbocycles. The number of carboxylic acids is 1. The van der Waals surface area contributed by atoms with Gasteiger partial charge in [0.05, 0.1) is 11.3 Å². The summed E-state index contributed by atoms with van der Waals surface area (Å²) in [6, 6.07) is 9.36. The number of hydrogen-bond donors (Lipinski definition) is 2. The maximum absolute atomic E-state index is 10.6. The molecule has 0 saturated carbocycles. The molecule has 0 aliphatic carbocycles. The minimum absolute atomic E-state index is 0.138. The van der Waals surface area contributed by atoms with Crippen LogP contribution in [0.25, 0.3) is 9.88 Å². The van der Waals surface area contributed by atoms with E-state index >= 15 is 0 Å². The number of aromatic nitrogens is 2. The molecule has 0 spiro atoms. The molecule has 0 atom stereocenters. The molecule has 0 saturated heterocycles. The van der Waals surface area contributed by atoms with Gasteiger partial charge >= 0.3 is 5.97 Å². The van der Waals surface area contributed by atoms with Crippen molar-refractivity contribution in [2.75, 3.05) is 11.1 Å². The van der Waals surface area contributed by atoms with Crippen molar-refractivity contribution in [1.82, 2.24) is 10.2 Å². The third-order valence-corrected chi connectivity index (χ3v) is 6.26. The Bertz CT molecular complexity index is 833. The average Bonchev–Trinajstić information content (AvgIpc) is 3.18. The summed E-state index contributed by atoms with van der Waals surface area (Å²) in [5.41, 5.74) is 0.893. The second kappa shape index (κ2) is 7.98. The van der Waals surface area contributed by atoms with E-state index in [1.54, 1.807) is 11.3 Å². The van der Waals surface area contributed by atoms with Crippen LogP contribution in [0.15, 0.2) is 40.6 Å². The summed E-state index contributed by atoms with van der Waals surface area (Å²) >= 11 is 10.4. The quantitative estimate of drug-likeness (QED) is 0.531. The van der Waals surface area contributed by atoms with Gasteiger partial charge in [-0.3, -0.25) is 4.79 Å². The molecular weight excluding hydrogens is 386 g/mol. The number of thiophene rings is 1. The first-order valence-electron chi connectivity index (χ1n) is 6.90. The van der Waals surface area contributed by atoms with Crippen molar-refractivity contribution in [1.29, 1.82) is 0 Å². The van der Waals surface area contributed by atoms with E-state index in [4.69, 9.17) is 16.7 Å². The van der Waals surface area contributed by atoms with Crippen LogP contribution >= 0.6 is 46.0 Å². The molecule has 0 bridgehead atoms. The largest absolute Gasteiger partial charge is 0.481 e. The zero-order valence-corrected chi connectivity index (χ0v) is 15.4. The minimum atomic E-state index is -0.787. The molecule has 5 nitrogen and oxygen atoms in total. The molecular formula is C15H12ClN3O2S3. The highest BCUT2D eigenvalue weighted by molar-refractivity contribution is 7.99. The Balaban J connectivity index is 1.70. The van der Waals surface area contributed by atoms with Crippen LogP contribution in [0.2, 0.25) is 5.02 Å². The Morgan fingerprint density at radius 2 is 2.04 bits per heavy atom. The standard InChI is InChI=1S/C15H12ClN3O2S3/c16-9-1-3-10(4-2-9)17-15-19-18-14(24-15)13-11(5-7-23-13)22-8-6-12(20)21/h1-5,7H,6,8H2,(H,17,19)(H,20,21). The number of benzene rings is 1. The van der Waals surface area contributed by atoms with Gasteiger partial charge in [-0.05, 0) is 35.7 Å². The molecule has 0 unspecified atom stereocenters. The highest BCUT2D eigenvalue weighted by Gasteiger charge is 2.13. The smallest absolute Gasteiger partial charge is 0.304 e. The van der Waals surface area contributed by atoms with Crippen LogP contribution < -0.4 is 5.32 Å². The van der Waals surface area contributed by atoms with Crippen molar-refractivity contribution in [3.63, 3.8) is 0 Å². The van der Waals surface area contributed by atoms with E-state index in [-0.39, 0.29) is 6.42 Å². The van der Waals surface area contributed by atoms with E-state index in [0.29, 0.717) is 15.9 Å². The van der Waals surface area contributed by atoms with E-state index in [1.807, 2.05) is 35.7 Å². The number of carbonyl (C=O) groups is 1. The van der Waals surface area contributed by atoms with Crippen LogP contribution in [0.4, 0.5) is 10.8 Å². The predicted octanol–water partition coefficient (Wildman–Crippen LogP) is 5.23. The van der Waals surface area contributed by atoms with Crippen molar-refractivity contribution in [3.8, 4) is 9.88 Å². The summed E-state index contributed by atoms with van der Waals surface area (Å²) in [6.07, 6.45) is 0.138. The van der Waals surface area contributed by atoms with Crippen molar-refractivity contribution in [2.24, 2.45) is 0 Å². The monoisotopic (exact) mass is 397 g/mol. The number of thioether (sulfide) groups is 1. The topological polar surface area (TPSA) is 75.1 Å². The van der Waals surface area contributed by atoms with Gasteiger partial charge in [-0.2, -0.15) is 0 Å². The Hall–Kier alpha value is -1.61. The van der Waals surface area contributed by atoms with E-state index in [1.165, 1.54) is 23.1 Å². The third-order valence-electron chi connectivity index (χ3n) is 2.92. The van der Waals surface area contributed by atoms with E-state index in [0.717, 1.165) is 20.5 Å². The first-order valence-corrected chi connectivity index (χ1v) is 9.96. The summed E-state index contributed by atoms with van der Waals surface area (Å²) in [5.74, 6) is -0.252. The van der Waals surface area contributed by atoms with Gasteiger partial charge in [-0.1, -0.05) is 22.9 Å². The molecule has 0 aliphatic heterocycles. The van der Waals surface area contributed by atoms with Crippen LogP contribution in [-0.4, -0.2) is 27.0 Å². The van der Waals surface area contributed by atoms with Crippen LogP contribution in [0.5, 0.6) is 0 Å².